The number of ether oxygens (including phenoxy) is 1. The summed E-state index contributed by atoms with van der Waals surface area (Å²) in [5.74, 6) is -3.21. The van der Waals surface area contributed by atoms with Crippen LogP contribution in [0.1, 0.15) is 36.6 Å². The first-order chi connectivity index (χ1) is 12.4. The molecule has 5 rings (SSSR count). The number of hydrogen-bond acceptors (Lipinski definition) is 5. The number of halogens is 2. The predicted octanol–water partition coefficient (Wildman–Crippen LogP) is 3.32. The minimum absolute atomic E-state index is 0.0514. The number of aromatic nitrogens is 1. The summed E-state index contributed by atoms with van der Waals surface area (Å²) in [4.78, 5) is 8.16. The van der Waals surface area contributed by atoms with Crippen LogP contribution in [-0.4, -0.2) is 65.5 Å². The van der Waals surface area contributed by atoms with E-state index in [0.29, 0.717) is 11.1 Å². The third-order valence-corrected chi connectivity index (χ3v) is 7.42. The first-order valence-electron chi connectivity index (χ1n) is 9.54. The van der Waals surface area contributed by atoms with E-state index in [0.717, 1.165) is 42.9 Å². The van der Waals surface area contributed by atoms with Gasteiger partial charge in [0.1, 0.15) is 0 Å². The van der Waals surface area contributed by atoms with E-state index in [-0.39, 0.29) is 6.42 Å². The molecule has 1 aliphatic carbocycles. The van der Waals surface area contributed by atoms with Crippen LogP contribution in [0.2, 0.25) is 0 Å². The van der Waals surface area contributed by atoms with Crippen LogP contribution in [0.3, 0.4) is 0 Å². The van der Waals surface area contributed by atoms with Crippen molar-refractivity contribution in [2.24, 2.45) is 5.41 Å². The molecule has 0 bridgehead atoms. The molecule has 142 valence electrons. The molecule has 3 saturated heterocycles. The lowest BCUT2D eigenvalue weighted by Gasteiger charge is -2.62. The number of alkyl halides is 2. The Labute approximate surface area is 157 Å². The molecule has 7 heteroatoms. The van der Waals surface area contributed by atoms with Crippen molar-refractivity contribution in [3.8, 4) is 0 Å². The number of rotatable bonds is 4. The van der Waals surface area contributed by atoms with Gasteiger partial charge in [-0.2, -0.15) is 0 Å². The van der Waals surface area contributed by atoms with Crippen molar-refractivity contribution in [2.75, 3.05) is 39.4 Å². The highest BCUT2D eigenvalue weighted by Crippen LogP contribution is 2.55. The van der Waals surface area contributed by atoms with Gasteiger partial charge in [-0.25, -0.2) is 13.1 Å². The molecule has 1 atom stereocenters. The van der Waals surface area contributed by atoms with Crippen LogP contribution in [0.5, 0.6) is 0 Å². The summed E-state index contributed by atoms with van der Waals surface area (Å²) < 4.78 is 34.3. The van der Waals surface area contributed by atoms with Gasteiger partial charge in [-0.15, -0.1) is 0 Å². The van der Waals surface area contributed by atoms with Gasteiger partial charge in [-0.05, 0) is 43.8 Å². The zero-order valence-corrected chi connectivity index (χ0v) is 15.9. The Morgan fingerprint density at radius 3 is 2.46 bits per heavy atom. The van der Waals surface area contributed by atoms with Crippen LogP contribution in [0.25, 0.3) is 0 Å². The summed E-state index contributed by atoms with van der Waals surface area (Å²) in [5, 5.41) is 0. The molecule has 0 aromatic carbocycles. The van der Waals surface area contributed by atoms with Crippen molar-refractivity contribution in [1.29, 1.82) is 0 Å². The van der Waals surface area contributed by atoms with Gasteiger partial charge in [-0.1, -0.05) is 0 Å². The van der Waals surface area contributed by atoms with E-state index in [1.165, 1.54) is 25.9 Å². The fraction of sp³-hybridized carbons (Fsp3) is 0.737. The number of pyridine rings is 1. The molecule has 4 heterocycles. The maximum Gasteiger partial charge on any atom is 0.257 e. The number of likely N-dealkylation sites (tertiary alicyclic amines) is 1. The second-order valence-corrected chi connectivity index (χ2v) is 9.61. The Kier molecular flexibility index (Phi) is 4.09. The molecular weight excluding hydrogens is 356 g/mol. The fourth-order valence-electron chi connectivity index (χ4n) is 4.62. The third kappa shape index (κ3) is 3.07. The molecule has 0 radical (unpaired) electrons. The number of aryl methyl sites for hydroxylation is 1. The molecule has 4 nitrogen and oxygen atoms in total. The molecule has 1 unspecified atom stereocenters. The second-order valence-electron chi connectivity index (χ2n) is 8.48. The van der Waals surface area contributed by atoms with Gasteiger partial charge in [-0.3, -0.25) is 9.88 Å². The first-order valence-corrected chi connectivity index (χ1v) is 10.3. The zero-order chi connectivity index (χ0) is 17.9. The van der Waals surface area contributed by atoms with Crippen molar-refractivity contribution in [2.45, 2.75) is 49.0 Å². The van der Waals surface area contributed by atoms with Crippen LogP contribution >= 0.6 is 11.9 Å². The summed E-state index contributed by atoms with van der Waals surface area (Å²) in [7, 11) is 0. The summed E-state index contributed by atoms with van der Waals surface area (Å²) in [6.07, 6.45) is 2.29. The van der Waals surface area contributed by atoms with Crippen LogP contribution in [0.4, 0.5) is 8.78 Å². The molecule has 0 N–H and O–H groups in total. The Hall–Kier alpha value is -0.760. The predicted molar refractivity (Wildman–Crippen MR) is 96.6 cm³/mol. The van der Waals surface area contributed by atoms with Crippen molar-refractivity contribution in [3.05, 3.63) is 23.5 Å². The van der Waals surface area contributed by atoms with Gasteiger partial charge < -0.3 is 4.74 Å². The largest absolute Gasteiger partial charge is 0.381 e. The minimum atomic E-state index is -2.54. The molecule has 3 aliphatic heterocycles. The SMILES string of the molecule is Cc1nc(C2CC2(F)F)ccc1SN1CC2(C1)CN(C1CCOCC1)C2. The van der Waals surface area contributed by atoms with E-state index in [9.17, 15) is 8.78 Å². The summed E-state index contributed by atoms with van der Waals surface area (Å²) >= 11 is 1.73. The standard InChI is InChI=1S/C19H25F2N3OS/c1-13-17(3-2-16(22-13)15-8-19(15,20)21)26-24-11-18(12-24)9-23(10-18)14-4-6-25-7-5-14/h2-3,14-15H,4-12H2,1H3. The molecular formula is C19H25F2N3OS. The number of hydrogen-bond donors (Lipinski definition) is 0. The van der Waals surface area contributed by atoms with Gasteiger partial charge in [0.05, 0.1) is 17.3 Å². The molecule has 4 aliphatic rings. The lowest BCUT2D eigenvalue weighted by molar-refractivity contribution is -0.113. The maximum absolute atomic E-state index is 13.2. The second kappa shape index (κ2) is 6.12. The van der Waals surface area contributed by atoms with Gasteiger partial charge in [0.2, 0.25) is 0 Å². The summed E-state index contributed by atoms with van der Waals surface area (Å²) in [6, 6.07) is 4.47. The van der Waals surface area contributed by atoms with E-state index >= 15 is 0 Å². The maximum atomic E-state index is 13.2. The molecule has 26 heavy (non-hydrogen) atoms. The van der Waals surface area contributed by atoms with E-state index in [2.05, 4.69) is 14.2 Å². The highest BCUT2D eigenvalue weighted by Gasteiger charge is 2.58. The number of nitrogens with zero attached hydrogens (tertiary/aromatic N) is 3. The van der Waals surface area contributed by atoms with E-state index in [1.807, 2.05) is 13.0 Å². The van der Waals surface area contributed by atoms with Crippen LogP contribution in [0.15, 0.2) is 17.0 Å². The monoisotopic (exact) mass is 381 g/mol. The molecule has 1 aromatic heterocycles. The van der Waals surface area contributed by atoms with Crippen molar-refractivity contribution >= 4 is 11.9 Å². The Morgan fingerprint density at radius 1 is 1.15 bits per heavy atom. The normalized spacial score (nSPS) is 30.8. The van der Waals surface area contributed by atoms with Gasteiger partial charge in [0.25, 0.3) is 5.92 Å². The van der Waals surface area contributed by atoms with Crippen molar-refractivity contribution in [1.82, 2.24) is 14.2 Å². The van der Waals surface area contributed by atoms with Gasteiger partial charge in [0.15, 0.2) is 0 Å². The van der Waals surface area contributed by atoms with Gasteiger partial charge in [0, 0.05) is 62.2 Å². The topological polar surface area (TPSA) is 28.6 Å². The average Bonchev–Trinajstić information content (AvgIpc) is 3.19. The Balaban J connectivity index is 1.13. The van der Waals surface area contributed by atoms with Crippen LogP contribution in [-0.2, 0) is 4.74 Å². The van der Waals surface area contributed by atoms with E-state index in [1.54, 1.807) is 18.0 Å². The van der Waals surface area contributed by atoms with Crippen LogP contribution < -0.4 is 0 Å². The first kappa shape index (κ1) is 17.3. The highest BCUT2D eigenvalue weighted by atomic mass is 32.2. The summed E-state index contributed by atoms with van der Waals surface area (Å²) in [5.41, 5.74) is 1.89. The van der Waals surface area contributed by atoms with E-state index < -0.39 is 11.8 Å². The molecule has 1 saturated carbocycles. The average molecular weight is 381 g/mol. The van der Waals surface area contributed by atoms with Gasteiger partial charge >= 0.3 is 0 Å². The molecule has 0 amide bonds. The lowest BCUT2D eigenvalue weighted by Crippen LogP contribution is -2.72. The zero-order valence-electron chi connectivity index (χ0n) is 15.1. The smallest absolute Gasteiger partial charge is 0.257 e. The lowest BCUT2D eigenvalue weighted by atomic mass is 9.73. The highest BCUT2D eigenvalue weighted by molar-refractivity contribution is 7.97. The Morgan fingerprint density at radius 2 is 1.85 bits per heavy atom. The van der Waals surface area contributed by atoms with E-state index in [4.69, 9.17) is 4.74 Å². The fourth-order valence-corrected chi connectivity index (χ4v) is 5.88. The Bertz CT molecular complexity index is 696. The minimum Gasteiger partial charge on any atom is -0.381 e. The molecule has 1 spiro atoms. The van der Waals surface area contributed by atoms with Crippen molar-refractivity contribution < 1.29 is 13.5 Å². The van der Waals surface area contributed by atoms with Crippen molar-refractivity contribution in [3.63, 3.8) is 0 Å². The summed E-state index contributed by atoms with van der Waals surface area (Å²) in [6.45, 7) is 8.39. The van der Waals surface area contributed by atoms with Crippen LogP contribution in [0, 0.1) is 12.3 Å². The molecule has 1 aromatic rings. The third-order valence-electron chi connectivity index (χ3n) is 6.28. The molecule has 4 fully saturated rings. The quantitative estimate of drug-likeness (QED) is 0.747.